The van der Waals surface area contributed by atoms with Crippen molar-refractivity contribution in [2.45, 2.75) is 64.1 Å². The molecule has 0 aromatic carbocycles. The number of hydrogen-bond acceptors (Lipinski definition) is 7. The number of amidine groups is 1. The molecule has 0 saturated heterocycles. The molecule has 3 atom stereocenters. The Bertz CT molecular complexity index is 954. The van der Waals surface area contributed by atoms with Crippen molar-refractivity contribution < 1.29 is 0 Å². The third kappa shape index (κ3) is 2.22. The minimum atomic E-state index is -0.293. The van der Waals surface area contributed by atoms with E-state index < -0.39 is 0 Å². The molecular formula is C18H23N9. The third-order valence-electron chi connectivity index (χ3n) is 5.93. The van der Waals surface area contributed by atoms with Gasteiger partial charge in [-0.15, -0.1) is 9.78 Å². The summed E-state index contributed by atoms with van der Waals surface area (Å²) in [6.07, 6.45) is 10.9. The average Bonchev–Trinajstić information content (AvgIpc) is 3.36. The van der Waals surface area contributed by atoms with Crippen LogP contribution in [0.3, 0.4) is 0 Å². The minimum Gasteiger partial charge on any atom is -0.314 e. The predicted molar refractivity (Wildman–Crippen MR) is 98.9 cm³/mol. The van der Waals surface area contributed by atoms with Crippen LogP contribution in [0.2, 0.25) is 0 Å². The van der Waals surface area contributed by atoms with Crippen LogP contribution < -0.4 is 10.3 Å². The van der Waals surface area contributed by atoms with E-state index >= 15 is 0 Å². The second-order valence-electron chi connectivity index (χ2n) is 8.60. The molecule has 0 spiro atoms. The van der Waals surface area contributed by atoms with Gasteiger partial charge in [-0.05, 0) is 12.8 Å². The van der Waals surface area contributed by atoms with E-state index in [1.807, 2.05) is 12.5 Å². The number of nitrogens with one attached hydrogen (secondary N) is 1. The number of aromatic nitrogens is 5. The Hall–Kier alpha value is -2.89. The molecule has 2 aliphatic heterocycles. The van der Waals surface area contributed by atoms with Gasteiger partial charge in [0.05, 0.1) is 18.2 Å². The van der Waals surface area contributed by atoms with Gasteiger partial charge in [-0.2, -0.15) is 10.4 Å². The maximum absolute atomic E-state index is 9.48. The average molecular weight is 365 g/mol. The zero-order valence-electron chi connectivity index (χ0n) is 15.8. The molecular weight excluding hydrogens is 342 g/mol. The molecule has 1 aliphatic carbocycles. The Balaban J connectivity index is 1.64. The van der Waals surface area contributed by atoms with Crippen molar-refractivity contribution in [3.63, 3.8) is 0 Å². The van der Waals surface area contributed by atoms with Crippen molar-refractivity contribution in [2.24, 2.45) is 11.0 Å². The van der Waals surface area contributed by atoms with Gasteiger partial charge in [0.25, 0.3) is 0 Å². The summed E-state index contributed by atoms with van der Waals surface area (Å²) in [5.41, 5.74) is 4.48. The van der Waals surface area contributed by atoms with E-state index in [1.54, 1.807) is 0 Å². The maximum atomic E-state index is 9.48. The van der Waals surface area contributed by atoms with Crippen LogP contribution in [0.4, 0.5) is 5.82 Å². The fourth-order valence-electron chi connectivity index (χ4n) is 4.84. The van der Waals surface area contributed by atoms with Gasteiger partial charge >= 0.3 is 0 Å². The molecule has 1 N–H and O–H groups in total. The normalized spacial score (nSPS) is 26.5. The van der Waals surface area contributed by atoms with Gasteiger partial charge in [0.15, 0.2) is 11.5 Å². The van der Waals surface area contributed by atoms with Gasteiger partial charge in [0.2, 0.25) is 6.19 Å². The molecule has 140 valence electrons. The summed E-state index contributed by atoms with van der Waals surface area (Å²) >= 11 is 0. The monoisotopic (exact) mass is 365 g/mol. The molecule has 3 aliphatic rings. The molecule has 3 unspecified atom stereocenters. The van der Waals surface area contributed by atoms with Gasteiger partial charge in [0, 0.05) is 17.4 Å². The molecule has 1 fully saturated rings. The van der Waals surface area contributed by atoms with Crippen molar-refractivity contribution in [1.29, 1.82) is 5.26 Å². The molecule has 9 heteroatoms. The summed E-state index contributed by atoms with van der Waals surface area (Å²) in [7, 11) is 0. The van der Waals surface area contributed by atoms with Crippen LogP contribution in [0.15, 0.2) is 17.6 Å². The van der Waals surface area contributed by atoms with E-state index in [0.29, 0.717) is 17.7 Å². The highest BCUT2D eigenvalue weighted by atomic mass is 15.6. The van der Waals surface area contributed by atoms with Crippen molar-refractivity contribution in [1.82, 2.24) is 30.0 Å². The van der Waals surface area contributed by atoms with Crippen molar-refractivity contribution in [2.75, 3.05) is 4.90 Å². The lowest BCUT2D eigenvalue weighted by molar-refractivity contribution is 0.176. The third-order valence-corrected chi connectivity index (χ3v) is 5.93. The van der Waals surface area contributed by atoms with Crippen LogP contribution in [-0.4, -0.2) is 36.5 Å². The molecule has 27 heavy (non-hydrogen) atoms. The lowest BCUT2D eigenvalue weighted by atomic mass is 9.80. The lowest BCUT2D eigenvalue weighted by Crippen LogP contribution is -2.54. The molecule has 0 radical (unpaired) electrons. The van der Waals surface area contributed by atoms with E-state index in [4.69, 9.17) is 0 Å². The first-order chi connectivity index (χ1) is 13.0. The van der Waals surface area contributed by atoms with Crippen molar-refractivity contribution in [3.8, 4) is 6.19 Å². The molecule has 0 amide bonds. The Morgan fingerprint density at radius 2 is 2.07 bits per heavy atom. The number of nitrogens with zero attached hydrogens (tertiary/aromatic N) is 8. The Morgan fingerprint density at radius 3 is 2.85 bits per heavy atom. The zero-order chi connectivity index (χ0) is 18.8. The maximum Gasteiger partial charge on any atom is 0.208 e. The molecule has 9 nitrogen and oxygen atoms in total. The van der Waals surface area contributed by atoms with Gasteiger partial charge in [0.1, 0.15) is 12.0 Å². The highest BCUT2D eigenvalue weighted by Gasteiger charge is 2.48. The Kier molecular flexibility index (Phi) is 3.35. The minimum absolute atomic E-state index is 0.0922. The number of imidazole rings is 1. The van der Waals surface area contributed by atoms with Crippen LogP contribution >= 0.6 is 0 Å². The number of fused-ring (bicyclic) bond motifs is 6. The summed E-state index contributed by atoms with van der Waals surface area (Å²) in [5.74, 6) is 2.21. The highest BCUT2D eigenvalue weighted by Crippen LogP contribution is 2.45. The number of hydrogen-bond donors (Lipinski definition) is 1. The van der Waals surface area contributed by atoms with E-state index in [9.17, 15) is 5.26 Å². The number of nitriles is 1. The highest BCUT2D eigenvalue weighted by molar-refractivity contribution is 6.10. The lowest BCUT2D eigenvalue weighted by Gasteiger charge is -2.45. The molecule has 1 saturated carbocycles. The van der Waals surface area contributed by atoms with Gasteiger partial charge in [-0.25, -0.2) is 4.98 Å². The summed E-state index contributed by atoms with van der Waals surface area (Å²) in [5, 5.41) is 22.5. The van der Waals surface area contributed by atoms with Gasteiger partial charge in [-0.3, -0.25) is 10.3 Å². The Labute approximate surface area is 157 Å². The summed E-state index contributed by atoms with van der Waals surface area (Å²) in [6, 6.07) is 0.455. The second-order valence-corrected chi connectivity index (χ2v) is 8.60. The fraction of sp³-hybridized carbons (Fsp3) is 0.611. The van der Waals surface area contributed by atoms with Gasteiger partial charge < -0.3 is 4.57 Å². The SMILES string of the molecule is CC(C)(C)c1c(C2=NNC3C4CCCCC4n4cncc4N23)nnn1C#N. The second kappa shape index (κ2) is 5.55. The van der Waals surface area contributed by atoms with Crippen LogP contribution in [-0.2, 0) is 5.41 Å². The van der Waals surface area contributed by atoms with Crippen LogP contribution in [0.1, 0.15) is 63.9 Å². The smallest absolute Gasteiger partial charge is 0.208 e. The van der Waals surface area contributed by atoms with E-state index in [1.165, 1.54) is 23.9 Å². The predicted octanol–water partition coefficient (Wildman–Crippen LogP) is 1.94. The molecule has 2 aromatic rings. The molecule has 5 rings (SSSR count). The molecule has 0 bridgehead atoms. The molecule has 2 aromatic heterocycles. The van der Waals surface area contributed by atoms with E-state index in [2.05, 4.69) is 62.3 Å². The largest absolute Gasteiger partial charge is 0.314 e. The van der Waals surface area contributed by atoms with Gasteiger partial charge in [-0.1, -0.05) is 38.8 Å². The number of hydrazone groups is 1. The summed E-state index contributed by atoms with van der Waals surface area (Å²) < 4.78 is 3.59. The van der Waals surface area contributed by atoms with Crippen molar-refractivity contribution >= 4 is 11.7 Å². The fourth-order valence-corrected chi connectivity index (χ4v) is 4.84. The quantitative estimate of drug-likeness (QED) is 0.829. The summed E-state index contributed by atoms with van der Waals surface area (Å²) in [4.78, 5) is 6.62. The first-order valence-corrected chi connectivity index (χ1v) is 9.51. The first kappa shape index (κ1) is 16.3. The van der Waals surface area contributed by atoms with E-state index in [-0.39, 0.29) is 11.6 Å². The van der Waals surface area contributed by atoms with Crippen LogP contribution in [0.25, 0.3) is 0 Å². The van der Waals surface area contributed by atoms with Crippen LogP contribution in [0, 0.1) is 17.4 Å². The zero-order valence-corrected chi connectivity index (χ0v) is 15.8. The van der Waals surface area contributed by atoms with Crippen LogP contribution in [0.5, 0.6) is 0 Å². The number of anilines is 1. The Morgan fingerprint density at radius 1 is 1.26 bits per heavy atom. The van der Waals surface area contributed by atoms with E-state index in [0.717, 1.165) is 23.8 Å². The first-order valence-electron chi connectivity index (χ1n) is 9.51. The number of rotatable bonds is 1. The molecule has 4 heterocycles. The standard InChI is InChI=1S/C18H23N9/c1-18(2,3)15-14(21-24-26(15)9-19)17-23-22-16-11-6-4-5-7-12(11)25-10-20-8-13(25)27(16)17/h8,10-12,16,22H,4-7H2,1-3H3. The summed E-state index contributed by atoms with van der Waals surface area (Å²) in [6.45, 7) is 6.17. The van der Waals surface area contributed by atoms with Crippen molar-refractivity contribution in [3.05, 3.63) is 23.9 Å². The topological polar surface area (TPSA) is 99.9 Å².